The van der Waals surface area contributed by atoms with Gasteiger partial charge < -0.3 is 5.32 Å². The molecule has 1 rings (SSSR count). The molecule has 0 aliphatic heterocycles. The van der Waals surface area contributed by atoms with E-state index in [2.05, 4.69) is 21.9 Å². The SMILES string of the molecule is C=CCc1c(Cl)nc(C)nc1NC. The van der Waals surface area contributed by atoms with Gasteiger partial charge in [0.15, 0.2) is 0 Å². The first-order valence-electron chi connectivity index (χ1n) is 4.00. The highest BCUT2D eigenvalue weighted by Gasteiger charge is 2.08. The summed E-state index contributed by atoms with van der Waals surface area (Å²) in [5, 5.41) is 3.48. The molecule has 0 amide bonds. The van der Waals surface area contributed by atoms with Crippen molar-refractivity contribution < 1.29 is 0 Å². The molecule has 1 aromatic rings. The Morgan fingerprint density at radius 3 is 2.77 bits per heavy atom. The molecular weight excluding hydrogens is 186 g/mol. The first-order valence-corrected chi connectivity index (χ1v) is 4.38. The van der Waals surface area contributed by atoms with Crippen LogP contribution in [0.5, 0.6) is 0 Å². The van der Waals surface area contributed by atoms with Gasteiger partial charge >= 0.3 is 0 Å². The molecule has 0 saturated heterocycles. The average Bonchev–Trinajstić information content (AvgIpc) is 2.09. The van der Waals surface area contributed by atoms with Crippen LogP contribution in [0.1, 0.15) is 11.4 Å². The third-order valence-corrected chi connectivity index (χ3v) is 1.97. The molecule has 0 fully saturated rings. The second kappa shape index (κ2) is 4.23. The van der Waals surface area contributed by atoms with Crippen molar-refractivity contribution in [3.05, 3.63) is 29.2 Å². The molecular formula is C9H12ClN3. The Hall–Kier alpha value is -1.09. The fourth-order valence-electron chi connectivity index (χ4n) is 1.09. The van der Waals surface area contributed by atoms with Gasteiger partial charge in [-0.3, -0.25) is 0 Å². The number of hydrogen-bond donors (Lipinski definition) is 1. The van der Waals surface area contributed by atoms with Gasteiger partial charge in [-0.25, -0.2) is 9.97 Å². The summed E-state index contributed by atoms with van der Waals surface area (Å²) in [7, 11) is 1.81. The van der Waals surface area contributed by atoms with Crippen molar-refractivity contribution in [3.8, 4) is 0 Å². The molecule has 0 aromatic carbocycles. The predicted molar refractivity (Wildman–Crippen MR) is 55.2 cm³/mol. The first kappa shape index (κ1) is 9.99. The van der Waals surface area contributed by atoms with Gasteiger partial charge in [-0.15, -0.1) is 6.58 Å². The lowest BCUT2D eigenvalue weighted by Crippen LogP contribution is -2.02. The zero-order valence-corrected chi connectivity index (χ0v) is 8.52. The number of aryl methyl sites for hydroxylation is 1. The second-order valence-corrected chi connectivity index (χ2v) is 2.99. The van der Waals surface area contributed by atoms with Crippen LogP contribution in [0.15, 0.2) is 12.7 Å². The van der Waals surface area contributed by atoms with Gasteiger partial charge in [0.05, 0.1) is 0 Å². The summed E-state index contributed by atoms with van der Waals surface area (Å²) in [4.78, 5) is 8.28. The second-order valence-electron chi connectivity index (χ2n) is 2.63. The highest BCUT2D eigenvalue weighted by Crippen LogP contribution is 2.21. The Morgan fingerprint density at radius 2 is 2.23 bits per heavy atom. The van der Waals surface area contributed by atoms with Crippen LogP contribution in [0.4, 0.5) is 5.82 Å². The van der Waals surface area contributed by atoms with Gasteiger partial charge in [0, 0.05) is 12.6 Å². The van der Waals surface area contributed by atoms with Crippen molar-refractivity contribution in [3.63, 3.8) is 0 Å². The number of nitrogens with one attached hydrogen (secondary N) is 1. The van der Waals surface area contributed by atoms with Gasteiger partial charge in [0.25, 0.3) is 0 Å². The summed E-state index contributed by atoms with van der Waals surface area (Å²) in [6, 6.07) is 0. The minimum atomic E-state index is 0.497. The molecule has 1 N–H and O–H groups in total. The Labute approximate surface area is 82.9 Å². The van der Waals surface area contributed by atoms with Crippen molar-refractivity contribution in [1.82, 2.24) is 9.97 Å². The van der Waals surface area contributed by atoms with E-state index < -0.39 is 0 Å². The lowest BCUT2D eigenvalue weighted by atomic mass is 10.2. The highest BCUT2D eigenvalue weighted by atomic mass is 35.5. The van der Waals surface area contributed by atoms with Crippen LogP contribution in [0.25, 0.3) is 0 Å². The van der Waals surface area contributed by atoms with Crippen LogP contribution < -0.4 is 5.32 Å². The zero-order chi connectivity index (χ0) is 9.84. The average molecular weight is 198 g/mol. The number of hydrogen-bond acceptors (Lipinski definition) is 3. The van der Waals surface area contributed by atoms with Gasteiger partial charge in [-0.1, -0.05) is 17.7 Å². The minimum Gasteiger partial charge on any atom is -0.373 e. The minimum absolute atomic E-state index is 0.497. The van der Waals surface area contributed by atoms with E-state index in [1.54, 1.807) is 6.08 Å². The maximum Gasteiger partial charge on any atom is 0.138 e. The van der Waals surface area contributed by atoms with Crippen molar-refractivity contribution in [2.24, 2.45) is 0 Å². The normalized spacial score (nSPS) is 9.77. The molecule has 0 aliphatic carbocycles. The van der Waals surface area contributed by atoms with Crippen molar-refractivity contribution in [2.45, 2.75) is 13.3 Å². The third-order valence-electron chi connectivity index (χ3n) is 1.65. The van der Waals surface area contributed by atoms with Gasteiger partial charge in [-0.05, 0) is 13.3 Å². The molecule has 0 spiro atoms. The summed E-state index contributed by atoms with van der Waals surface area (Å²) >= 11 is 5.95. The Kier molecular flexibility index (Phi) is 3.25. The van der Waals surface area contributed by atoms with Gasteiger partial charge in [0.2, 0.25) is 0 Å². The van der Waals surface area contributed by atoms with Crippen molar-refractivity contribution in [1.29, 1.82) is 0 Å². The third kappa shape index (κ3) is 2.18. The Morgan fingerprint density at radius 1 is 1.54 bits per heavy atom. The Bertz CT molecular complexity index is 323. The molecule has 0 aliphatic rings. The molecule has 3 nitrogen and oxygen atoms in total. The Balaban J connectivity index is 3.20. The molecule has 70 valence electrons. The fraction of sp³-hybridized carbons (Fsp3) is 0.333. The number of rotatable bonds is 3. The quantitative estimate of drug-likeness (QED) is 0.597. The van der Waals surface area contributed by atoms with E-state index >= 15 is 0 Å². The van der Waals surface area contributed by atoms with Gasteiger partial charge in [-0.2, -0.15) is 0 Å². The van der Waals surface area contributed by atoms with Crippen LogP contribution in [-0.2, 0) is 6.42 Å². The molecule has 1 heterocycles. The van der Waals surface area contributed by atoms with Crippen LogP contribution in [0.2, 0.25) is 5.15 Å². The molecule has 0 bridgehead atoms. The topological polar surface area (TPSA) is 37.8 Å². The monoisotopic (exact) mass is 197 g/mol. The van der Waals surface area contributed by atoms with E-state index in [1.165, 1.54) is 0 Å². The summed E-state index contributed by atoms with van der Waals surface area (Å²) < 4.78 is 0. The molecule has 0 atom stereocenters. The molecule has 13 heavy (non-hydrogen) atoms. The summed E-state index contributed by atoms with van der Waals surface area (Å²) in [6.07, 6.45) is 2.45. The van der Waals surface area contributed by atoms with E-state index in [1.807, 2.05) is 14.0 Å². The summed E-state index contributed by atoms with van der Waals surface area (Å²) in [5.74, 6) is 1.44. The van der Waals surface area contributed by atoms with Crippen LogP contribution in [0, 0.1) is 6.92 Å². The smallest absolute Gasteiger partial charge is 0.138 e. The standard InChI is InChI=1S/C9H12ClN3/c1-4-5-7-8(10)12-6(2)13-9(7)11-3/h4H,1,5H2,2-3H3,(H,11,12,13). The number of aromatic nitrogens is 2. The van der Waals surface area contributed by atoms with E-state index in [9.17, 15) is 0 Å². The van der Waals surface area contributed by atoms with E-state index in [4.69, 9.17) is 11.6 Å². The number of allylic oxidation sites excluding steroid dienone is 1. The van der Waals surface area contributed by atoms with Crippen LogP contribution in [-0.4, -0.2) is 17.0 Å². The number of anilines is 1. The predicted octanol–water partition coefficient (Wildman–Crippen LogP) is 2.21. The number of halogens is 1. The number of nitrogens with zero attached hydrogens (tertiary/aromatic N) is 2. The van der Waals surface area contributed by atoms with Gasteiger partial charge in [0.1, 0.15) is 16.8 Å². The van der Waals surface area contributed by atoms with Crippen molar-refractivity contribution in [2.75, 3.05) is 12.4 Å². The van der Waals surface area contributed by atoms with E-state index in [-0.39, 0.29) is 0 Å². The summed E-state index contributed by atoms with van der Waals surface area (Å²) in [5.41, 5.74) is 0.893. The van der Waals surface area contributed by atoms with Crippen molar-refractivity contribution >= 4 is 17.4 Å². The van der Waals surface area contributed by atoms with E-state index in [0.717, 1.165) is 11.4 Å². The molecule has 4 heteroatoms. The highest BCUT2D eigenvalue weighted by molar-refractivity contribution is 6.30. The lowest BCUT2D eigenvalue weighted by Gasteiger charge is -2.08. The first-order chi connectivity index (χ1) is 6.19. The largest absolute Gasteiger partial charge is 0.373 e. The van der Waals surface area contributed by atoms with E-state index in [0.29, 0.717) is 17.4 Å². The summed E-state index contributed by atoms with van der Waals surface area (Å²) in [6.45, 7) is 5.46. The maximum atomic E-state index is 5.95. The molecule has 0 saturated carbocycles. The zero-order valence-electron chi connectivity index (χ0n) is 7.76. The molecule has 1 aromatic heterocycles. The molecule has 0 radical (unpaired) electrons. The van der Waals surface area contributed by atoms with Crippen LogP contribution >= 0.6 is 11.6 Å². The molecule has 0 unspecified atom stereocenters. The van der Waals surface area contributed by atoms with Crippen LogP contribution in [0.3, 0.4) is 0 Å². The lowest BCUT2D eigenvalue weighted by molar-refractivity contribution is 1.01. The maximum absolute atomic E-state index is 5.95. The fourth-order valence-corrected chi connectivity index (χ4v) is 1.38.